The molecule has 1 heterocycles. The predicted molar refractivity (Wildman–Crippen MR) is 67.8 cm³/mol. The molecule has 0 fully saturated rings. The molecule has 4 nitrogen and oxygen atoms in total. The van der Waals surface area contributed by atoms with E-state index in [1.165, 1.54) is 0 Å². The number of aromatic nitrogens is 2. The van der Waals surface area contributed by atoms with E-state index >= 15 is 0 Å². The van der Waals surface area contributed by atoms with Crippen molar-refractivity contribution in [1.29, 1.82) is 0 Å². The van der Waals surface area contributed by atoms with Crippen molar-refractivity contribution in [2.45, 2.75) is 13.3 Å². The Morgan fingerprint density at radius 3 is 2.76 bits per heavy atom. The fourth-order valence-corrected chi connectivity index (χ4v) is 1.81. The largest absolute Gasteiger partial charge is 0.496 e. The summed E-state index contributed by atoms with van der Waals surface area (Å²) in [6.07, 6.45) is 2.55. The van der Waals surface area contributed by atoms with Crippen molar-refractivity contribution in [2.75, 3.05) is 12.8 Å². The summed E-state index contributed by atoms with van der Waals surface area (Å²) in [7, 11) is 1.68. The van der Waals surface area contributed by atoms with Gasteiger partial charge >= 0.3 is 0 Å². The molecule has 0 aliphatic heterocycles. The van der Waals surface area contributed by atoms with E-state index in [1.54, 1.807) is 13.3 Å². The molecule has 2 rings (SSSR count). The number of anilines is 1. The van der Waals surface area contributed by atoms with Crippen molar-refractivity contribution in [2.24, 2.45) is 0 Å². The molecule has 2 aromatic rings. The highest BCUT2D eigenvalue weighted by Gasteiger charge is 2.07. The minimum atomic E-state index is 0.444. The van der Waals surface area contributed by atoms with Crippen molar-refractivity contribution < 1.29 is 4.74 Å². The van der Waals surface area contributed by atoms with Crippen LogP contribution in [-0.4, -0.2) is 17.3 Å². The van der Waals surface area contributed by atoms with Crippen LogP contribution < -0.4 is 10.5 Å². The van der Waals surface area contributed by atoms with Gasteiger partial charge in [-0.1, -0.05) is 13.0 Å². The summed E-state index contributed by atoms with van der Waals surface area (Å²) in [5.74, 6) is 1.34. The van der Waals surface area contributed by atoms with Crippen LogP contribution in [0.4, 0.5) is 5.82 Å². The number of rotatable bonds is 3. The van der Waals surface area contributed by atoms with E-state index < -0.39 is 0 Å². The standard InChI is InChI=1S/C13H15N3O/c1-3-9-8-10(4-5-12(9)17-2)11-6-7-15-16-13(11)14/h4-8H,3H2,1-2H3,(H2,14,16). The van der Waals surface area contributed by atoms with Crippen molar-refractivity contribution in [3.8, 4) is 16.9 Å². The van der Waals surface area contributed by atoms with Crippen LogP contribution in [-0.2, 0) is 6.42 Å². The third-order valence-electron chi connectivity index (χ3n) is 2.72. The summed E-state index contributed by atoms with van der Waals surface area (Å²) in [6, 6.07) is 7.87. The summed E-state index contributed by atoms with van der Waals surface area (Å²) < 4.78 is 5.30. The minimum absolute atomic E-state index is 0.444. The molecule has 0 saturated carbocycles. The molecule has 0 spiro atoms. The van der Waals surface area contributed by atoms with Crippen LogP contribution in [0.2, 0.25) is 0 Å². The molecule has 0 aliphatic rings. The zero-order valence-corrected chi connectivity index (χ0v) is 9.97. The Hall–Kier alpha value is -2.10. The Morgan fingerprint density at radius 1 is 1.29 bits per heavy atom. The van der Waals surface area contributed by atoms with Crippen LogP contribution in [0.25, 0.3) is 11.1 Å². The van der Waals surface area contributed by atoms with Gasteiger partial charge in [-0.05, 0) is 35.7 Å². The van der Waals surface area contributed by atoms with Crippen LogP contribution in [0, 0.1) is 0 Å². The summed E-state index contributed by atoms with van der Waals surface area (Å²) >= 11 is 0. The van der Waals surface area contributed by atoms with Crippen molar-refractivity contribution >= 4 is 5.82 Å². The fourth-order valence-electron chi connectivity index (χ4n) is 1.81. The maximum atomic E-state index is 5.81. The molecule has 4 heteroatoms. The summed E-state index contributed by atoms with van der Waals surface area (Å²) in [5, 5.41) is 7.60. The number of methoxy groups -OCH3 is 1. The molecule has 1 aromatic carbocycles. The molecule has 2 N–H and O–H groups in total. The Labute approximate surface area is 100 Å². The average Bonchev–Trinajstić information content (AvgIpc) is 2.38. The molecule has 0 saturated heterocycles. The first kappa shape index (κ1) is 11.4. The van der Waals surface area contributed by atoms with Gasteiger partial charge in [0, 0.05) is 5.56 Å². The first-order chi connectivity index (χ1) is 8.26. The first-order valence-electron chi connectivity index (χ1n) is 5.50. The fraction of sp³-hybridized carbons (Fsp3) is 0.231. The molecule has 0 aliphatic carbocycles. The molecule has 0 amide bonds. The monoisotopic (exact) mass is 229 g/mol. The van der Waals surface area contributed by atoms with Gasteiger partial charge in [-0.15, -0.1) is 5.10 Å². The van der Waals surface area contributed by atoms with E-state index in [0.29, 0.717) is 5.82 Å². The predicted octanol–water partition coefficient (Wildman–Crippen LogP) is 2.30. The maximum Gasteiger partial charge on any atom is 0.153 e. The molecular formula is C13H15N3O. The van der Waals surface area contributed by atoms with Gasteiger partial charge in [0.1, 0.15) is 5.75 Å². The number of nitrogens with two attached hydrogens (primary N) is 1. The highest BCUT2D eigenvalue weighted by atomic mass is 16.5. The van der Waals surface area contributed by atoms with Crippen molar-refractivity contribution in [1.82, 2.24) is 10.2 Å². The van der Waals surface area contributed by atoms with Gasteiger partial charge < -0.3 is 10.5 Å². The number of benzene rings is 1. The molecular weight excluding hydrogens is 214 g/mol. The maximum absolute atomic E-state index is 5.81. The zero-order valence-electron chi connectivity index (χ0n) is 9.97. The van der Waals surface area contributed by atoms with E-state index in [-0.39, 0.29) is 0 Å². The van der Waals surface area contributed by atoms with Crippen LogP contribution in [0.5, 0.6) is 5.75 Å². The summed E-state index contributed by atoms with van der Waals surface area (Å²) in [6.45, 7) is 2.09. The molecule has 0 radical (unpaired) electrons. The Morgan fingerprint density at radius 2 is 2.12 bits per heavy atom. The van der Waals surface area contributed by atoms with Gasteiger partial charge in [-0.2, -0.15) is 5.10 Å². The third kappa shape index (κ3) is 2.20. The Kier molecular flexibility index (Phi) is 3.23. The lowest BCUT2D eigenvalue weighted by molar-refractivity contribution is 0.410. The number of nitrogens with zero attached hydrogens (tertiary/aromatic N) is 2. The number of hydrogen-bond acceptors (Lipinski definition) is 4. The SMILES string of the molecule is CCc1cc(-c2ccnnc2N)ccc1OC. The van der Waals surface area contributed by atoms with Gasteiger partial charge in [0.2, 0.25) is 0 Å². The van der Waals surface area contributed by atoms with E-state index in [9.17, 15) is 0 Å². The Bertz CT molecular complexity index is 526. The Balaban J connectivity index is 2.50. The second-order valence-electron chi connectivity index (χ2n) is 3.71. The van der Waals surface area contributed by atoms with E-state index in [2.05, 4.69) is 23.2 Å². The first-order valence-corrected chi connectivity index (χ1v) is 5.50. The lowest BCUT2D eigenvalue weighted by atomic mass is 10.0. The molecule has 17 heavy (non-hydrogen) atoms. The van der Waals surface area contributed by atoms with Crippen molar-refractivity contribution in [3.63, 3.8) is 0 Å². The van der Waals surface area contributed by atoms with Crippen LogP contribution in [0.15, 0.2) is 30.5 Å². The second-order valence-corrected chi connectivity index (χ2v) is 3.71. The highest BCUT2D eigenvalue weighted by Crippen LogP contribution is 2.28. The molecule has 1 aromatic heterocycles. The van der Waals surface area contributed by atoms with Crippen LogP contribution in [0.1, 0.15) is 12.5 Å². The van der Waals surface area contributed by atoms with Crippen molar-refractivity contribution in [3.05, 3.63) is 36.0 Å². The van der Waals surface area contributed by atoms with E-state index in [4.69, 9.17) is 10.5 Å². The van der Waals surface area contributed by atoms with Gasteiger partial charge in [-0.3, -0.25) is 0 Å². The van der Waals surface area contributed by atoms with E-state index in [0.717, 1.165) is 28.9 Å². The number of ether oxygens (including phenoxy) is 1. The topological polar surface area (TPSA) is 61.0 Å². The zero-order chi connectivity index (χ0) is 12.3. The van der Waals surface area contributed by atoms with Gasteiger partial charge in [0.15, 0.2) is 5.82 Å². The van der Waals surface area contributed by atoms with Crippen LogP contribution >= 0.6 is 0 Å². The summed E-state index contributed by atoms with van der Waals surface area (Å²) in [5.41, 5.74) is 8.90. The molecule has 88 valence electrons. The van der Waals surface area contributed by atoms with Crippen LogP contribution in [0.3, 0.4) is 0 Å². The normalized spacial score (nSPS) is 10.2. The quantitative estimate of drug-likeness (QED) is 0.877. The number of aryl methyl sites for hydroxylation is 1. The number of hydrogen-bond donors (Lipinski definition) is 1. The molecule has 0 unspecified atom stereocenters. The minimum Gasteiger partial charge on any atom is -0.496 e. The molecule has 0 atom stereocenters. The lowest BCUT2D eigenvalue weighted by Gasteiger charge is -2.10. The molecule has 0 bridgehead atoms. The number of nitrogen functional groups attached to an aromatic ring is 1. The van der Waals surface area contributed by atoms with Gasteiger partial charge in [-0.25, -0.2) is 0 Å². The van der Waals surface area contributed by atoms with E-state index in [1.807, 2.05) is 18.2 Å². The lowest BCUT2D eigenvalue weighted by Crippen LogP contribution is -1.97. The third-order valence-corrected chi connectivity index (χ3v) is 2.72. The van der Waals surface area contributed by atoms with Gasteiger partial charge in [0.25, 0.3) is 0 Å². The van der Waals surface area contributed by atoms with Gasteiger partial charge in [0.05, 0.1) is 13.3 Å². The summed E-state index contributed by atoms with van der Waals surface area (Å²) in [4.78, 5) is 0. The average molecular weight is 229 g/mol. The smallest absolute Gasteiger partial charge is 0.153 e. The highest BCUT2D eigenvalue weighted by molar-refractivity contribution is 5.74. The second kappa shape index (κ2) is 4.82.